The number of carbonyl (C=O) groups is 1. The van der Waals surface area contributed by atoms with Crippen molar-refractivity contribution in [3.05, 3.63) is 0 Å². The van der Waals surface area contributed by atoms with Crippen LogP contribution >= 0.6 is 12.4 Å². The van der Waals surface area contributed by atoms with Crippen molar-refractivity contribution in [2.45, 2.75) is 63.8 Å². The van der Waals surface area contributed by atoms with Crippen molar-refractivity contribution in [3.63, 3.8) is 0 Å². The first-order chi connectivity index (χ1) is 7.63. The van der Waals surface area contributed by atoms with Gasteiger partial charge in [0.05, 0.1) is 6.10 Å². The number of likely N-dealkylation sites (tertiary alicyclic amines) is 1. The van der Waals surface area contributed by atoms with Crippen LogP contribution in [-0.2, 0) is 9.53 Å². The molecule has 0 bridgehead atoms. The summed E-state index contributed by atoms with van der Waals surface area (Å²) < 4.78 is 5.67. The van der Waals surface area contributed by atoms with Gasteiger partial charge in [0.1, 0.15) is 6.10 Å². The fraction of sp³-hybridized carbons (Fsp3) is 0.917. The van der Waals surface area contributed by atoms with E-state index in [-0.39, 0.29) is 30.5 Å². The average molecular weight is 263 g/mol. The Morgan fingerprint density at radius 1 is 1.24 bits per heavy atom. The summed E-state index contributed by atoms with van der Waals surface area (Å²) in [6.07, 6.45) is 3.82. The molecule has 5 heteroatoms. The normalized spacial score (nSPS) is 37.0. The molecule has 17 heavy (non-hydrogen) atoms. The van der Waals surface area contributed by atoms with Crippen LogP contribution in [0.15, 0.2) is 0 Å². The number of carbonyl (C=O) groups excluding carboxylic acids is 1. The number of nitrogens with two attached hydrogens (primary N) is 1. The summed E-state index contributed by atoms with van der Waals surface area (Å²) in [6.45, 7) is 4.77. The third kappa shape index (κ3) is 2.92. The number of amides is 1. The van der Waals surface area contributed by atoms with E-state index in [4.69, 9.17) is 10.5 Å². The molecule has 2 heterocycles. The minimum atomic E-state index is -0.239. The van der Waals surface area contributed by atoms with Gasteiger partial charge in [-0.2, -0.15) is 0 Å². The summed E-state index contributed by atoms with van der Waals surface area (Å²) >= 11 is 0. The second-order valence-corrected chi connectivity index (χ2v) is 5.08. The molecule has 0 aliphatic carbocycles. The van der Waals surface area contributed by atoms with E-state index in [0.717, 1.165) is 25.7 Å². The number of rotatable bonds is 2. The first-order valence-electron chi connectivity index (χ1n) is 6.31. The Bertz CT molecular complexity index is 265. The van der Waals surface area contributed by atoms with E-state index in [1.54, 1.807) is 0 Å². The van der Waals surface area contributed by atoms with Gasteiger partial charge in [0, 0.05) is 18.6 Å². The van der Waals surface area contributed by atoms with Crippen LogP contribution in [0.2, 0.25) is 0 Å². The van der Waals surface area contributed by atoms with Crippen molar-refractivity contribution >= 4 is 18.3 Å². The predicted octanol–water partition coefficient (Wildman–Crippen LogP) is 1.31. The van der Waals surface area contributed by atoms with E-state index in [1.165, 1.54) is 0 Å². The second kappa shape index (κ2) is 6.03. The topological polar surface area (TPSA) is 55.6 Å². The molecule has 2 fully saturated rings. The number of hydrogen-bond donors (Lipinski definition) is 1. The van der Waals surface area contributed by atoms with Gasteiger partial charge in [-0.3, -0.25) is 4.79 Å². The Kier molecular flexibility index (Phi) is 5.22. The molecule has 0 radical (unpaired) electrons. The minimum Gasteiger partial charge on any atom is -0.364 e. The monoisotopic (exact) mass is 262 g/mol. The van der Waals surface area contributed by atoms with Crippen molar-refractivity contribution in [2.75, 3.05) is 6.54 Å². The van der Waals surface area contributed by atoms with Gasteiger partial charge < -0.3 is 15.4 Å². The van der Waals surface area contributed by atoms with Gasteiger partial charge >= 0.3 is 0 Å². The van der Waals surface area contributed by atoms with Crippen molar-refractivity contribution in [1.82, 2.24) is 4.90 Å². The molecule has 0 aromatic rings. The van der Waals surface area contributed by atoms with E-state index in [1.807, 2.05) is 4.90 Å². The Labute approximate surface area is 109 Å². The predicted molar refractivity (Wildman–Crippen MR) is 69.2 cm³/mol. The van der Waals surface area contributed by atoms with Gasteiger partial charge in [-0.1, -0.05) is 0 Å². The second-order valence-electron chi connectivity index (χ2n) is 5.08. The molecule has 0 spiro atoms. The zero-order chi connectivity index (χ0) is 11.7. The van der Waals surface area contributed by atoms with E-state index >= 15 is 0 Å². The Morgan fingerprint density at radius 2 is 1.82 bits per heavy atom. The van der Waals surface area contributed by atoms with E-state index in [2.05, 4.69) is 13.8 Å². The molecular formula is C12H23ClN2O2. The maximum absolute atomic E-state index is 12.3. The van der Waals surface area contributed by atoms with Crippen LogP contribution in [0.3, 0.4) is 0 Å². The Hall–Kier alpha value is -0.320. The van der Waals surface area contributed by atoms with Crippen LogP contribution < -0.4 is 5.73 Å². The molecule has 0 aromatic carbocycles. The lowest BCUT2D eigenvalue weighted by atomic mass is 10.1. The SMILES string of the molecule is CC1CCC(C)N1C(=O)[C@@H]1CC[C@H](CN)O1.Cl. The fourth-order valence-electron chi connectivity index (χ4n) is 2.86. The quantitative estimate of drug-likeness (QED) is 0.817. The van der Waals surface area contributed by atoms with Crippen LogP contribution in [0.1, 0.15) is 39.5 Å². The molecule has 0 aromatic heterocycles. The zero-order valence-corrected chi connectivity index (χ0v) is 11.4. The minimum absolute atomic E-state index is 0. The lowest BCUT2D eigenvalue weighted by molar-refractivity contribution is -0.145. The molecule has 2 aliphatic heterocycles. The van der Waals surface area contributed by atoms with Crippen LogP contribution in [0.5, 0.6) is 0 Å². The smallest absolute Gasteiger partial charge is 0.252 e. The maximum atomic E-state index is 12.3. The highest BCUT2D eigenvalue weighted by atomic mass is 35.5. The van der Waals surface area contributed by atoms with Crippen LogP contribution in [0.25, 0.3) is 0 Å². The summed E-state index contributed by atoms with van der Waals surface area (Å²) in [4.78, 5) is 14.3. The van der Waals surface area contributed by atoms with Crippen molar-refractivity contribution in [1.29, 1.82) is 0 Å². The molecular weight excluding hydrogens is 240 g/mol. The van der Waals surface area contributed by atoms with Crippen molar-refractivity contribution in [3.8, 4) is 0 Å². The third-order valence-corrected chi connectivity index (χ3v) is 3.85. The van der Waals surface area contributed by atoms with Gasteiger partial charge in [-0.15, -0.1) is 12.4 Å². The lowest BCUT2D eigenvalue weighted by Crippen LogP contribution is -2.44. The largest absolute Gasteiger partial charge is 0.364 e. The average Bonchev–Trinajstić information content (AvgIpc) is 2.85. The van der Waals surface area contributed by atoms with Gasteiger partial charge in [0.2, 0.25) is 0 Å². The molecule has 2 rings (SSSR count). The number of nitrogens with zero attached hydrogens (tertiary/aromatic N) is 1. The molecule has 0 saturated carbocycles. The fourth-order valence-corrected chi connectivity index (χ4v) is 2.86. The highest BCUT2D eigenvalue weighted by Crippen LogP contribution is 2.28. The molecule has 4 nitrogen and oxygen atoms in total. The number of hydrogen-bond acceptors (Lipinski definition) is 3. The molecule has 2 N–H and O–H groups in total. The molecule has 2 aliphatic rings. The molecule has 1 amide bonds. The first-order valence-corrected chi connectivity index (χ1v) is 6.31. The maximum Gasteiger partial charge on any atom is 0.252 e. The highest BCUT2D eigenvalue weighted by Gasteiger charge is 2.38. The zero-order valence-electron chi connectivity index (χ0n) is 10.6. The Morgan fingerprint density at radius 3 is 2.29 bits per heavy atom. The lowest BCUT2D eigenvalue weighted by Gasteiger charge is -2.29. The van der Waals surface area contributed by atoms with Crippen molar-refractivity contribution in [2.24, 2.45) is 5.73 Å². The summed E-state index contributed by atoms with van der Waals surface area (Å²) in [5.74, 6) is 0.174. The highest BCUT2D eigenvalue weighted by molar-refractivity contribution is 5.85. The van der Waals surface area contributed by atoms with E-state index in [0.29, 0.717) is 18.6 Å². The summed E-state index contributed by atoms with van der Waals surface area (Å²) in [5, 5.41) is 0. The first kappa shape index (κ1) is 14.7. The van der Waals surface area contributed by atoms with Gasteiger partial charge in [-0.05, 0) is 39.5 Å². The third-order valence-electron chi connectivity index (χ3n) is 3.85. The number of ether oxygens (including phenoxy) is 1. The van der Waals surface area contributed by atoms with E-state index < -0.39 is 0 Å². The molecule has 100 valence electrons. The Balaban J connectivity index is 0.00000144. The number of halogens is 1. The van der Waals surface area contributed by atoms with Gasteiger partial charge in [0.25, 0.3) is 5.91 Å². The van der Waals surface area contributed by atoms with Gasteiger partial charge in [-0.25, -0.2) is 0 Å². The summed E-state index contributed by atoms with van der Waals surface area (Å²) in [6, 6.07) is 0.728. The van der Waals surface area contributed by atoms with Crippen LogP contribution in [-0.4, -0.2) is 41.6 Å². The van der Waals surface area contributed by atoms with Gasteiger partial charge in [0.15, 0.2) is 0 Å². The summed E-state index contributed by atoms with van der Waals surface area (Å²) in [7, 11) is 0. The van der Waals surface area contributed by atoms with Crippen molar-refractivity contribution < 1.29 is 9.53 Å². The van der Waals surface area contributed by atoms with Crippen LogP contribution in [0.4, 0.5) is 0 Å². The standard InChI is InChI=1S/C12H22N2O2.ClH/c1-8-3-4-9(2)14(8)12(15)11-6-5-10(7-13)16-11;/h8-11H,3-7,13H2,1-2H3;1H/t8?,9?,10-,11+;/m1./s1. The van der Waals surface area contributed by atoms with E-state index in [9.17, 15) is 4.79 Å². The molecule has 2 saturated heterocycles. The molecule has 2 unspecified atom stereocenters. The molecule has 4 atom stereocenters. The summed E-state index contributed by atoms with van der Waals surface area (Å²) in [5.41, 5.74) is 5.55. The van der Waals surface area contributed by atoms with Crippen LogP contribution in [0, 0.1) is 0 Å².